The molecule has 0 atom stereocenters. The standard InChI is InChI=1S/C13H9NOS/c1-8-4-5-11-10(7-8)12(15)9-3-2-6-14-13(9)16-11/h2-7H,1H3. The van der Waals surface area contributed by atoms with E-state index in [1.807, 2.05) is 31.2 Å². The van der Waals surface area contributed by atoms with Gasteiger partial charge in [-0.05, 0) is 31.2 Å². The Morgan fingerprint density at radius 1 is 1.19 bits per heavy atom. The number of hydrogen-bond acceptors (Lipinski definition) is 3. The average Bonchev–Trinajstić information content (AvgIpc) is 2.31. The lowest BCUT2D eigenvalue weighted by molar-refractivity contribution is 1.44. The van der Waals surface area contributed by atoms with Crippen molar-refractivity contribution in [2.24, 2.45) is 0 Å². The summed E-state index contributed by atoms with van der Waals surface area (Å²) >= 11 is 1.56. The fourth-order valence-electron chi connectivity index (χ4n) is 1.80. The van der Waals surface area contributed by atoms with Crippen molar-refractivity contribution in [3.8, 4) is 0 Å². The van der Waals surface area contributed by atoms with Crippen LogP contribution in [0, 0.1) is 6.92 Å². The first kappa shape index (κ1) is 9.48. The molecule has 0 unspecified atom stereocenters. The van der Waals surface area contributed by atoms with E-state index in [2.05, 4.69) is 4.98 Å². The first-order valence-corrected chi connectivity index (χ1v) is 5.85. The number of aryl methyl sites for hydroxylation is 1. The van der Waals surface area contributed by atoms with Gasteiger partial charge in [0.05, 0.1) is 5.39 Å². The molecule has 0 saturated heterocycles. The smallest absolute Gasteiger partial charge is 0.197 e. The Kier molecular flexibility index (Phi) is 2.01. The Balaban J connectivity index is 2.61. The lowest BCUT2D eigenvalue weighted by Crippen LogP contribution is -2.01. The van der Waals surface area contributed by atoms with E-state index in [1.165, 1.54) is 0 Å². The molecular formula is C13H9NOS. The van der Waals surface area contributed by atoms with Crippen LogP contribution in [0.1, 0.15) is 5.56 Å². The molecular weight excluding hydrogens is 218 g/mol. The monoisotopic (exact) mass is 227 g/mol. The van der Waals surface area contributed by atoms with Gasteiger partial charge < -0.3 is 0 Å². The van der Waals surface area contributed by atoms with E-state index >= 15 is 0 Å². The van der Waals surface area contributed by atoms with E-state index in [1.54, 1.807) is 23.6 Å². The molecule has 3 rings (SSSR count). The number of aromatic nitrogens is 1. The quantitative estimate of drug-likeness (QED) is 0.552. The molecule has 0 N–H and O–H groups in total. The van der Waals surface area contributed by atoms with Crippen LogP contribution in [-0.2, 0) is 0 Å². The van der Waals surface area contributed by atoms with Crippen molar-refractivity contribution in [1.29, 1.82) is 0 Å². The molecule has 2 heterocycles. The van der Waals surface area contributed by atoms with Crippen molar-refractivity contribution in [3.63, 3.8) is 0 Å². The zero-order valence-corrected chi connectivity index (χ0v) is 9.54. The second kappa shape index (κ2) is 3.39. The second-order valence-electron chi connectivity index (χ2n) is 3.79. The largest absolute Gasteiger partial charge is 0.288 e. The Morgan fingerprint density at radius 3 is 2.94 bits per heavy atom. The van der Waals surface area contributed by atoms with Crippen molar-refractivity contribution >= 4 is 31.6 Å². The van der Waals surface area contributed by atoms with Crippen LogP contribution in [0.4, 0.5) is 0 Å². The number of fused-ring (bicyclic) bond motifs is 2. The van der Waals surface area contributed by atoms with Gasteiger partial charge in [-0.2, -0.15) is 0 Å². The van der Waals surface area contributed by atoms with E-state index in [4.69, 9.17) is 0 Å². The molecule has 0 fully saturated rings. The molecule has 0 bridgehead atoms. The predicted molar refractivity (Wildman–Crippen MR) is 68.1 cm³/mol. The van der Waals surface area contributed by atoms with Crippen LogP contribution in [0.15, 0.2) is 41.3 Å². The highest BCUT2D eigenvalue weighted by atomic mass is 32.1. The van der Waals surface area contributed by atoms with Gasteiger partial charge in [0.2, 0.25) is 0 Å². The Hall–Kier alpha value is -1.74. The molecule has 2 aromatic heterocycles. The van der Waals surface area contributed by atoms with Crippen molar-refractivity contribution < 1.29 is 0 Å². The predicted octanol–water partition coefficient (Wildman–Crippen LogP) is 3.12. The normalized spacial score (nSPS) is 11.1. The molecule has 1 aromatic carbocycles. The summed E-state index contributed by atoms with van der Waals surface area (Å²) < 4.78 is 1.00. The summed E-state index contributed by atoms with van der Waals surface area (Å²) in [6.07, 6.45) is 1.72. The number of pyridine rings is 1. The van der Waals surface area contributed by atoms with E-state index in [-0.39, 0.29) is 5.43 Å². The third-order valence-corrected chi connectivity index (χ3v) is 3.70. The number of hydrogen-bond donors (Lipinski definition) is 0. The Bertz CT molecular complexity index is 746. The van der Waals surface area contributed by atoms with Crippen LogP contribution >= 0.6 is 11.3 Å². The van der Waals surface area contributed by atoms with Crippen LogP contribution < -0.4 is 5.43 Å². The highest BCUT2D eigenvalue weighted by molar-refractivity contribution is 7.24. The topological polar surface area (TPSA) is 30.0 Å². The van der Waals surface area contributed by atoms with E-state index < -0.39 is 0 Å². The van der Waals surface area contributed by atoms with Gasteiger partial charge in [-0.25, -0.2) is 4.98 Å². The minimum Gasteiger partial charge on any atom is -0.288 e. The lowest BCUT2D eigenvalue weighted by Gasteiger charge is -2.00. The van der Waals surface area contributed by atoms with Crippen LogP contribution in [0.5, 0.6) is 0 Å². The minimum absolute atomic E-state index is 0.0838. The molecule has 16 heavy (non-hydrogen) atoms. The van der Waals surface area contributed by atoms with Crippen LogP contribution in [0.2, 0.25) is 0 Å². The molecule has 3 heteroatoms. The van der Waals surface area contributed by atoms with Gasteiger partial charge in [-0.15, -0.1) is 11.3 Å². The summed E-state index contributed by atoms with van der Waals surface area (Å²) in [6.45, 7) is 2.00. The summed E-state index contributed by atoms with van der Waals surface area (Å²) in [4.78, 5) is 17.2. The minimum atomic E-state index is 0.0838. The van der Waals surface area contributed by atoms with Crippen LogP contribution in [0.25, 0.3) is 20.3 Å². The van der Waals surface area contributed by atoms with Crippen LogP contribution in [-0.4, -0.2) is 4.98 Å². The lowest BCUT2D eigenvalue weighted by atomic mass is 10.1. The maximum atomic E-state index is 12.2. The van der Waals surface area contributed by atoms with E-state index in [0.717, 1.165) is 20.5 Å². The summed E-state index contributed by atoms with van der Waals surface area (Å²) in [5.74, 6) is 0. The highest BCUT2D eigenvalue weighted by Gasteiger charge is 2.05. The third kappa shape index (κ3) is 1.32. The van der Waals surface area contributed by atoms with Gasteiger partial charge in [-0.3, -0.25) is 4.79 Å². The zero-order chi connectivity index (χ0) is 11.1. The number of rotatable bonds is 0. The van der Waals surface area contributed by atoms with E-state index in [0.29, 0.717) is 5.39 Å². The summed E-state index contributed by atoms with van der Waals surface area (Å²) in [6, 6.07) is 9.60. The molecule has 0 radical (unpaired) electrons. The maximum absolute atomic E-state index is 12.2. The third-order valence-electron chi connectivity index (χ3n) is 2.60. The van der Waals surface area contributed by atoms with Gasteiger partial charge in [0.1, 0.15) is 4.83 Å². The molecule has 0 aliphatic heterocycles. The Labute approximate surface area is 96.2 Å². The highest BCUT2D eigenvalue weighted by Crippen LogP contribution is 2.23. The second-order valence-corrected chi connectivity index (χ2v) is 4.82. The first-order chi connectivity index (χ1) is 7.75. The molecule has 0 aliphatic carbocycles. The van der Waals surface area contributed by atoms with Crippen molar-refractivity contribution in [2.75, 3.05) is 0 Å². The van der Waals surface area contributed by atoms with E-state index in [9.17, 15) is 4.79 Å². The first-order valence-electron chi connectivity index (χ1n) is 5.04. The van der Waals surface area contributed by atoms with Crippen molar-refractivity contribution in [3.05, 3.63) is 52.3 Å². The zero-order valence-electron chi connectivity index (χ0n) is 8.73. The molecule has 0 aliphatic rings. The van der Waals surface area contributed by atoms with Gasteiger partial charge in [0.25, 0.3) is 0 Å². The number of nitrogens with zero attached hydrogens (tertiary/aromatic N) is 1. The number of benzene rings is 1. The molecule has 78 valence electrons. The summed E-state index contributed by atoms with van der Waals surface area (Å²) in [7, 11) is 0. The SMILES string of the molecule is Cc1ccc2sc3ncccc3c(=O)c2c1. The summed E-state index contributed by atoms with van der Waals surface area (Å²) in [5.41, 5.74) is 1.19. The van der Waals surface area contributed by atoms with Gasteiger partial charge >= 0.3 is 0 Å². The van der Waals surface area contributed by atoms with Gasteiger partial charge in [-0.1, -0.05) is 11.6 Å². The maximum Gasteiger partial charge on any atom is 0.197 e. The van der Waals surface area contributed by atoms with Crippen molar-refractivity contribution in [2.45, 2.75) is 6.92 Å². The Morgan fingerprint density at radius 2 is 2.06 bits per heavy atom. The fraction of sp³-hybridized carbons (Fsp3) is 0.0769. The van der Waals surface area contributed by atoms with Crippen molar-refractivity contribution in [1.82, 2.24) is 4.98 Å². The molecule has 0 saturated carbocycles. The average molecular weight is 227 g/mol. The molecule has 2 nitrogen and oxygen atoms in total. The van der Waals surface area contributed by atoms with Gasteiger partial charge in [0, 0.05) is 16.3 Å². The molecule has 3 aromatic rings. The van der Waals surface area contributed by atoms with Crippen LogP contribution in [0.3, 0.4) is 0 Å². The summed E-state index contributed by atoms with van der Waals surface area (Å²) in [5, 5.41) is 1.51. The van der Waals surface area contributed by atoms with Gasteiger partial charge in [0.15, 0.2) is 5.43 Å². The molecule has 0 amide bonds. The fourth-order valence-corrected chi connectivity index (χ4v) is 2.79. The molecule has 0 spiro atoms.